The maximum atomic E-state index is 13.0. The molecule has 2 amide bonds. The molecule has 0 spiro atoms. The Balaban J connectivity index is 1.21. The summed E-state index contributed by atoms with van der Waals surface area (Å²) in [5.74, 6) is 0.894. The molecule has 5 heteroatoms. The molecule has 1 aromatic carbocycles. The van der Waals surface area contributed by atoms with Gasteiger partial charge in [-0.25, -0.2) is 4.79 Å². The van der Waals surface area contributed by atoms with Crippen LogP contribution in [0.4, 0.5) is 4.79 Å². The van der Waals surface area contributed by atoms with E-state index in [-0.39, 0.29) is 22.8 Å². The van der Waals surface area contributed by atoms with Crippen LogP contribution < -0.4 is 5.32 Å². The Kier molecular flexibility index (Phi) is 3.69. The Morgan fingerprint density at radius 1 is 1.07 bits per heavy atom. The van der Waals surface area contributed by atoms with Crippen LogP contribution >= 0.6 is 0 Å². The van der Waals surface area contributed by atoms with Crippen molar-refractivity contribution in [1.82, 2.24) is 10.2 Å². The van der Waals surface area contributed by atoms with Crippen LogP contribution in [0.25, 0.3) is 0 Å². The fourth-order valence-corrected chi connectivity index (χ4v) is 5.64. The first-order chi connectivity index (χ1) is 13.3. The topological polar surface area (TPSA) is 58.6 Å². The van der Waals surface area contributed by atoms with E-state index in [4.69, 9.17) is 0 Å². The number of benzene rings is 1. The number of fused-ring (bicyclic) bond motifs is 1. The first-order valence-corrected chi connectivity index (χ1v) is 10.5. The van der Waals surface area contributed by atoms with Gasteiger partial charge in [-0.2, -0.15) is 0 Å². The number of nitrogens with one attached hydrogen (secondary N) is 1. The van der Waals surface area contributed by atoms with Crippen molar-refractivity contribution in [1.29, 1.82) is 0 Å². The number of carbonyl (C=O) groups excluding carboxylic acids is 2. The van der Waals surface area contributed by atoms with Gasteiger partial charge in [0.05, 0.1) is 7.11 Å². The lowest BCUT2D eigenvalue weighted by Crippen LogP contribution is -2.58. The largest absolute Gasteiger partial charge is 0.453 e. The number of likely N-dealkylation sites (tertiary alicyclic amines) is 1. The van der Waals surface area contributed by atoms with Crippen LogP contribution in [0, 0.1) is 11.8 Å². The molecule has 0 aromatic heterocycles. The zero-order valence-electron chi connectivity index (χ0n) is 17.1. The molecule has 28 heavy (non-hydrogen) atoms. The van der Waals surface area contributed by atoms with Crippen molar-refractivity contribution in [3.63, 3.8) is 0 Å². The van der Waals surface area contributed by atoms with Gasteiger partial charge in [-0.1, -0.05) is 31.2 Å². The number of piperidine rings is 1. The van der Waals surface area contributed by atoms with E-state index in [2.05, 4.69) is 46.1 Å². The number of rotatable bonds is 4. The fourth-order valence-electron chi connectivity index (χ4n) is 5.64. The minimum Gasteiger partial charge on any atom is -0.453 e. The van der Waals surface area contributed by atoms with E-state index >= 15 is 0 Å². The predicted molar refractivity (Wildman–Crippen MR) is 106 cm³/mol. The fraction of sp³-hybridized carbons (Fsp3) is 0.652. The second kappa shape index (κ2) is 5.74. The molecular formula is C23H30N2O3. The monoisotopic (exact) mass is 382 g/mol. The van der Waals surface area contributed by atoms with E-state index in [1.807, 2.05) is 6.92 Å². The minimum absolute atomic E-state index is 0.0221. The molecule has 1 heterocycles. The van der Waals surface area contributed by atoms with Gasteiger partial charge in [-0.3, -0.25) is 4.79 Å². The molecule has 2 unspecified atom stereocenters. The summed E-state index contributed by atoms with van der Waals surface area (Å²) in [5.41, 5.74) is 3.15. The lowest BCUT2D eigenvalue weighted by atomic mass is 9.69. The van der Waals surface area contributed by atoms with Crippen LogP contribution in [0.1, 0.15) is 57.1 Å². The standard InChI is InChI=1S/C23H30N2O3/c1-21(8-9-21)16-4-6-17(7-5-16)23-12-18(23)13-25(14-23)19(26)15-10-22(2,11-15)24-20(27)28-3/h4-7,15,18H,8-14H2,1-3H3,(H,24,27). The van der Waals surface area contributed by atoms with Gasteiger partial charge in [0.2, 0.25) is 5.91 Å². The third-order valence-corrected chi connectivity index (χ3v) is 7.95. The first kappa shape index (κ1) is 18.0. The maximum Gasteiger partial charge on any atom is 0.407 e. The first-order valence-electron chi connectivity index (χ1n) is 10.5. The van der Waals surface area contributed by atoms with Crippen LogP contribution in [0.15, 0.2) is 24.3 Å². The molecule has 5 nitrogen and oxygen atoms in total. The van der Waals surface area contributed by atoms with E-state index in [1.165, 1.54) is 37.5 Å². The quantitative estimate of drug-likeness (QED) is 0.869. The summed E-state index contributed by atoms with van der Waals surface area (Å²) >= 11 is 0. The lowest BCUT2D eigenvalue weighted by Gasteiger charge is -2.45. The highest BCUT2D eigenvalue weighted by molar-refractivity contribution is 5.82. The van der Waals surface area contributed by atoms with Crippen LogP contribution in [-0.4, -0.2) is 42.6 Å². The van der Waals surface area contributed by atoms with E-state index in [9.17, 15) is 9.59 Å². The second-order valence-corrected chi connectivity index (χ2v) is 10.2. The van der Waals surface area contributed by atoms with Crippen LogP contribution in [0.5, 0.6) is 0 Å². The van der Waals surface area contributed by atoms with Crippen LogP contribution in [0.3, 0.4) is 0 Å². The number of carbonyl (C=O) groups is 2. The number of ether oxygens (including phenoxy) is 1. The number of hydrogen-bond acceptors (Lipinski definition) is 3. The third-order valence-electron chi connectivity index (χ3n) is 7.95. The molecule has 4 fully saturated rings. The lowest BCUT2D eigenvalue weighted by molar-refractivity contribution is -0.140. The summed E-state index contributed by atoms with van der Waals surface area (Å²) in [6, 6.07) is 9.25. The number of alkyl carbamates (subject to hydrolysis) is 1. The van der Waals surface area contributed by atoms with Gasteiger partial charge >= 0.3 is 6.09 Å². The summed E-state index contributed by atoms with van der Waals surface area (Å²) in [6.07, 6.45) is 4.78. The summed E-state index contributed by atoms with van der Waals surface area (Å²) in [4.78, 5) is 26.5. The molecule has 150 valence electrons. The number of methoxy groups -OCH3 is 1. The van der Waals surface area contributed by atoms with E-state index < -0.39 is 6.09 Å². The molecule has 1 aliphatic heterocycles. The van der Waals surface area contributed by atoms with E-state index in [0.717, 1.165) is 13.1 Å². The normalized spacial score (nSPS) is 36.9. The van der Waals surface area contributed by atoms with Gasteiger partial charge < -0.3 is 15.0 Å². The van der Waals surface area contributed by atoms with Gasteiger partial charge in [-0.05, 0) is 61.5 Å². The molecule has 5 rings (SSSR count). The molecule has 2 atom stereocenters. The minimum atomic E-state index is -0.418. The van der Waals surface area contributed by atoms with Crippen molar-refractivity contribution >= 4 is 12.0 Å². The number of nitrogens with zero attached hydrogens (tertiary/aromatic N) is 1. The van der Waals surface area contributed by atoms with Gasteiger partial charge in [-0.15, -0.1) is 0 Å². The highest BCUT2D eigenvalue weighted by atomic mass is 16.5. The summed E-state index contributed by atoms with van der Waals surface area (Å²) < 4.78 is 4.69. The number of hydrogen-bond donors (Lipinski definition) is 1. The van der Waals surface area contributed by atoms with Crippen molar-refractivity contribution in [2.75, 3.05) is 20.2 Å². The smallest absolute Gasteiger partial charge is 0.407 e. The summed E-state index contributed by atoms with van der Waals surface area (Å²) in [6.45, 7) is 6.07. The summed E-state index contributed by atoms with van der Waals surface area (Å²) in [5, 5.41) is 2.86. The van der Waals surface area contributed by atoms with E-state index in [1.54, 1.807) is 0 Å². The highest BCUT2D eigenvalue weighted by Crippen LogP contribution is 2.60. The molecule has 1 N–H and O–H groups in total. The maximum absolute atomic E-state index is 13.0. The van der Waals surface area contributed by atoms with Crippen molar-refractivity contribution in [3.8, 4) is 0 Å². The Labute approximate surface area is 166 Å². The van der Waals surface area contributed by atoms with Crippen molar-refractivity contribution < 1.29 is 14.3 Å². The van der Waals surface area contributed by atoms with Gasteiger partial charge in [0, 0.05) is 30.0 Å². The Hall–Kier alpha value is -2.04. The van der Waals surface area contributed by atoms with Gasteiger partial charge in [0.15, 0.2) is 0 Å². The predicted octanol–water partition coefficient (Wildman–Crippen LogP) is 3.36. The molecule has 4 aliphatic rings. The average Bonchev–Trinajstić information content (AvgIpc) is 3.55. The third kappa shape index (κ3) is 2.73. The SMILES string of the molecule is COC(=O)NC1(C)CC(C(=O)N2CC3CC3(c3ccc(C4(C)CC4)cc3)C2)C1. The molecule has 3 saturated carbocycles. The van der Waals surface area contributed by atoms with Gasteiger partial charge in [0.25, 0.3) is 0 Å². The zero-order chi connectivity index (χ0) is 19.7. The number of amides is 2. The molecule has 1 aromatic rings. The molecule has 0 bridgehead atoms. The Morgan fingerprint density at radius 2 is 1.71 bits per heavy atom. The second-order valence-electron chi connectivity index (χ2n) is 10.2. The Bertz CT molecular complexity index is 823. The van der Waals surface area contributed by atoms with E-state index in [0.29, 0.717) is 24.2 Å². The van der Waals surface area contributed by atoms with Crippen molar-refractivity contribution in [3.05, 3.63) is 35.4 Å². The molecule has 0 radical (unpaired) electrons. The molecular weight excluding hydrogens is 352 g/mol. The van der Waals surface area contributed by atoms with Crippen LogP contribution in [0.2, 0.25) is 0 Å². The Morgan fingerprint density at radius 3 is 2.32 bits per heavy atom. The summed E-state index contributed by atoms with van der Waals surface area (Å²) in [7, 11) is 1.37. The zero-order valence-corrected chi connectivity index (χ0v) is 17.1. The molecule has 1 saturated heterocycles. The van der Waals surface area contributed by atoms with Crippen molar-refractivity contribution in [2.45, 2.75) is 62.3 Å². The van der Waals surface area contributed by atoms with Gasteiger partial charge in [0.1, 0.15) is 0 Å². The average molecular weight is 383 g/mol. The molecule has 3 aliphatic carbocycles. The highest BCUT2D eigenvalue weighted by Gasteiger charge is 2.62. The van der Waals surface area contributed by atoms with Crippen LogP contribution in [-0.2, 0) is 20.4 Å². The van der Waals surface area contributed by atoms with Crippen molar-refractivity contribution in [2.24, 2.45) is 11.8 Å².